The van der Waals surface area contributed by atoms with Crippen LogP contribution in [0.15, 0.2) is 29.3 Å². The topological polar surface area (TPSA) is 71.4 Å². The molecule has 0 unspecified atom stereocenters. The molecule has 0 fully saturated rings. The van der Waals surface area contributed by atoms with Gasteiger partial charge in [0, 0.05) is 12.0 Å². The molecule has 2 rings (SSSR count). The molecule has 0 radical (unpaired) electrons. The van der Waals surface area contributed by atoms with Crippen molar-refractivity contribution in [3.8, 4) is 5.75 Å². The van der Waals surface area contributed by atoms with E-state index in [-0.39, 0.29) is 11.5 Å². The molecule has 0 atom stereocenters. The van der Waals surface area contributed by atoms with Crippen molar-refractivity contribution in [3.63, 3.8) is 0 Å². The van der Waals surface area contributed by atoms with Crippen LogP contribution in [0.2, 0.25) is 0 Å². The van der Waals surface area contributed by atoms with Gasteiger partial charge >= 0.3 is 5.97 Å². The van der Waals surface area contributed by atoms with Crippen LogP contribution in [-0.2, 0) is 9.53 Å². The van der Waals surface area contributed by atoms with Crippen molar-refractivity contribution in [1.29, 1.82) is 0 Å². The third kappa shape index (κ3) is 5.95. The Labute approximate surface area is 174 Å². The van der Waals surface area contributed by atoms with Gasteiger partial charge in [0.1, 0.15) is 5.75 Å². The van der Waals surface area contributed by atoms with Crippen LogP contribution in [0.25, 0.3) is 0 Å². The minimum Gasteiger partial charge on any atom is -0.494 e. The van der Waals surface area contributed by atoms with Gasteiger partial charge in [-0.1, -0.05) is 25.7 Å². The first-order chi connectivity index (χ1) is 13.7. The molecule has 0 spiro atoms. The van der Waals surface area contributed by atoms with Crippen molar-refractivity contribution >= 4 is 11.8 Å². The van der Waals surface area contributed by atoms with Gasteiger partial charge in [-0.25, -0.2) is 5.06 Å². The lowest BCUT2D eigenvalue weighted by molar-refractivity contribution is -0.140. The summed E-state index contributed by atoms with van der Waals surface area (Å²) in [6.45, 7) is 8.72. The highest BCUT2D eigenvalue weighted by atomic mass is 16.5. The summed E-state index contributed by atoms with van der Waals surface area (Å²) in [6, 6.07) is 7.74. The zero-order chi connectivity index (χ0) is 21.5. The summed E-state index contributed by atoms with van der Waals surface area (Å²) in [4.78, 5) is 15.7. The monoisotopic (exact) mass is 404 g/mol. The normalized spacial score (nSPS) is 17.2. The number of aliphatic imine (C=N–C) groups is 1. The second-order valence-corrected chi connectivity index (χ2v) is 8.69. The Hall–Kier alpha value is -2.08. The number of benzene rings is 1. The van der Waals surface area contributed by atoms with Crippen molar-refractivity contribution in [3.05, 3.63) is 29.8 Å². The van der Waals surface area contributed by atoms with Crippen LogP contribution in [0.4, 0.5) is 0 Å². The fourth-order valence-electron chi connectivity index (χ4n) is 3.23. The molecular formula is C23H36N2O4. The molecule has 1 heterocycles. The Morgan fingerprint density at radius 1 is 1.00 bits per heavy atom. The minimum absolute atomic E-state index is 0.122. The smallest absolute Gasteiger partial charge is 0.305 e. The maximum atomic E-state index is 11.0. The van der Waals surface area contributed by atoms with E-state index < -0.39 is 5.54 Å². The highest BCUT2D eigenvalue weighted by molar-refractivity contribution is 6.00. The average Bonchev–Trinajstić information content (AvgIpc) is 2.86. The van der Waals surface area contributed by atoms with Crippen LogP contribution < -0.4 is 4.74 Å². The number of carbonyl (C=O) groups is 1. The number of unbranched alkanes of at least 4 members (excludes halogenated alkanes) is 5. The van der Waals surface area contributed by atoms with E-state index in [1.807, 2.05) is 52.0 Å². The Balaban J connectivity index is 1.68. The molecule has 0 aliphatic carbocycles. The summed E-state index contributed by atoms with van der Waals surface area (Å²) in [5, 5.41) is 11.8. The van der Waals surface area contributed by atoms with Gasteiger partial charge in [-0.15, -0.1) is 0 Å². The molecule has 1 aliphatic rings. The molecule has 1 aromatic carbocycles. The third-order valence-corrected chi connectivity index (χ3v) is 6.00. The highest BCUT2D eigenvalue weighted by Crippen LogP contribution is 2.37. The summed E-state index contributed by atoms with van der Waals surface area (Å²) < 4.78 is 10.5. The van der Waals surface area contributed by atoms with Gasteiger partial charge < -0.3 is 9.47 Å². The standard InChI is InChI=1S/C23H36N2O4/c1-22(2)23(3,4)25(27)21(24-22)18-13-15-19(16-14-18)29-17-11-9-7-6-8-10-12-20(26)28-5/h13-16,27H,6-12,17H2,1-5H3. The molecular weight excluding hydrogens is 368 g/mol. The number of nitrogens with zero attached hydrogens (tertiary/aromatic N) is 2. The van der Waals surface area contributed by atoms with E-state index in [4.69, 9.17) is 9.73 Å². The fraction of sp³-hybridized carbons (Fsp3) is 0.652. The number of methoxy groups -OCH3 is 1. The Morgan fingerprint density at radius 2 is 1.59 bits per heavy atom. The van der Waals surface area contributed by atoms with Crippen molar-refractivity contribution in [2.24, 2.45) is 4.99 Å². The maximum absolute atomic E-state index is 11.0. The number of hydrogen-bond donors (Lipinski definition) is 1. The van der Waals surface area contributed by atoms with Crippen LogP contribution in [0, 0.1) is 0 Å². The number of hydroxylamine groups is 2. The summed E-state index contributed by atoms with van der Waals surface area (Å²) in [7, 11) is 1.43. The number of ether oxygens (including phenoxy) is 2. The lowest BCUT2D eigenvalue weighted by atomic mass is 9.84. The molecule has 0 saturated carbocycles. The molecule has 162 valence electrons. The molecule has 6 heteroatoms. The molecule has 29 heavy (non-hydrogen) atoms. The predicted molar refractivity (Wildman–Crippen MR) is 115 cm³/mol. The number of esters is 1. The van der Waals surface area contributed by atoms with Crippen LogP contribution in [0.1, 0.15) is 78.2 Å². The van der Waals surface area contributed by atoms with E-state index in [0.717, 1.165) is 49.8 Å². The van der Waals surface area contributed by atoms with Crippen LogP contribution in [0.5, 0.6) is 5.75 Å². The first-order valence-corrected chi connectivity index (χ1v) is 10.6. The van der Waals surface area contributed by atoms with Gasteiger partial charge in [-0.2, -0.15) is 0 Å². The summed E-state index contributed by atoms with van der Waals surface area (Å²) in [6.07, 6.45) is 6.91. The number of amidine groups is 1. The van der Waals surface area contributed by atoms with E-state index in [0.29, 0.717) is 18.9 Å². The van der Waals surface area contributed by atoms with Gasteiger partial charge in [0.25, 0.3) is 0 Å². The average molecular weight is 405 g/mol. The van der Waals surface area contributed by atoms with Gasteiger partial charge in [0.15, 0.2) is 5.84 Å². The molecule has 1 aliphatic heterocycles. The first kappa shape index (κ1) is 23.2. The summed E-state index contributed by atoms with van der Waals surface area (Å²) in [5.74, 6) is 1.30. The molecule has 0 bridgehead atoms. The van der Waals surface area contributed by atoms with Crippen LogP contribution in [0.3, 0.4) is 0 Å². The molecule has 0 aromatic heterocycles. The quantitative estimate of drug-likeness (QED) is 0.416. The van der Waals surface area contributed by atoms with E-state index in [1.165, 1.54) is 12.2 Å². The summed E-state index contributed by atoms with van der Waals surface area (Å²) in [5.41, 5.74) is 0.0491. The van der Waals surface area contributed by atoms with Crippen molar-refractivity contribution in [2.75, 3.05) is 13.7 Å². The Kier molecular flexibility index (Phi) is 8.08. The van der Waals surface area contributed by atoms with E-state index >= 15 is 0 Å². The number of carbonyl (C=O) groups excluding carboxylic acids is 1. The fourth-order valence-corrected chi connectivity index (χ4v) is 3.23. The van der Waals surface area contributed by atoms with E-state index in [1.54, 1.807) is 0 Å². The van der Waals surface area contributed by atoms with Gasteiger partial charge in [0.2, 0.25) is 0 Å². The van der Waals surface area contributed by atoms with Gasteiger partial charge in [-0.3, -0.25) is 15.0 Å². The molecule has 0 amide bonds. The zero-order valence-electron chi connectivity index (χ0n) is 18.5. The largest absolute Gasteiger partial charge is 0.494 e. The second-order valence-electron chi connectivity index (χ2n) is 8.69. The molecule has 0 saturated heterocycles. The highest BCUT2D eigenvalue weighted by Gasteiger charge is 2.49. The second kappa shape index (κ2) is 10.1. The molecule has 1 aromatic rings. The summed E-state index contributed by atoms with van der Waals surface area (Å²) >= 11 is 0. The van der Waals surface area contributed by atoms with Crippen molar-refractivity contribution in [2.45, 2.75) is 83.7 Å². The number of rotatable bonds is 11. The van der Waals surface area contributed by atoms with Crippen LogP contribution >= 0.6 is 0 Å². The SMILES string of the molecule is COC(=O)CCCCCCCCOc1ccc(C2=NC(C)(C)C(C)(C)N2O)cc1. The minimum atomic E-state index is -0.461. The molecule has 1 N–H and O–H groups in total. The predicted octanol–water partition coefficient (Wildman–Crippen LogP) is 4.98. The zero-order valence-corrected chi connectivity index (χ0v) is 18.5. The lowest BCUT2D eigenvalue weighted by Crippen LogP contribution is -2.51. The van der Waals surface area contributed by atoms with Gasteiger partial charge in [-0.05, 0) is 64.8 Å². The lowest BCUT2D eigenvalue weighted by Gasteiger charge is -2.36. The van der Waals surface area contributed by atoms with E-state index in [2.05, 4.69) is 4.74 Å². The Morgan fingerprint density at radius 3 is 2.14 bits per heavy atom. The van der Waals surface area contributed by atoms with Gasteiger partial charge in [0.05, 0.1) is 24.8 Å². The van der Waals surface area contributed by atoms with Crippen molar-refractivity contribution in [1.82, 2.24) is 5.06 Å². The maximum Gasteiger partial charge on any atom is 0.305 e. The Bertz CT molecular complexity index is 695. The van der Waals surface area contributed by atoms with Crippen molar-refractivity contribution < 1.29 is 19.5 Å². The van der Waals surface area contributed by atoms with E-state index in [9.17, 15) is 10.0 Å². The third-order valence-electron chi connectivity index (χ3n) is 6.00. The molecule has 6 nitrogen and oxygen atoms in total. The van der Waals surface area contributed by atoms with Crippen LogP contribution in [-0.4, -0.2) is 46.9 Å². The first-order valence-electron chi connectivity index (χ1n) is 10.6. The number of hydrogen-bond acceptors (Lipinski definition) is 6.